The molecule has 0 bridgehead atoms. The highest BCUT2D eigenvalue weighted by molar-refractivity contribution is 7.99. The van der Waals surface area contributed by atoms with E-state index in [1.807, 2.05) is 17.8 Å². The van der Waals surface area contributed by atoms with E-state index in [0.717, 1.165) is 42.8 Å². The fourth-order valence-corrected chi connectivity index (χ4v) is 4.62. The van der Waals surface area contributed by atoms with Gasteiger partial charge in [0.25, 0.3) is 0 Å². The molecule has 0 aromatic heterocycles. The van der Waals surface area contributed by atoms with Crippen LogP contribution in [0.4, 0.5) is 4.39 Å². The van der Waals surface area contributed by atoms with Gasteiger partial charge in [0.1, 0.15) is 11.6 Å². The molecule has 2 aliphatic heterocycles. The van der Waals surface area contributed by atoms with Gasteiger partial charge in [0.2, 0.25) is 0 Å². The number of Topliss-reactive ketones (excluding diaryl/α,β-unsaturated/α-hetero) is 1. The van der Waals surface area contributed by atoms with Gasteiger partial charge in [0, 0.05) is 18.9 Å². The Morgan fingerprint density at radius 3 is 2.95 bits per heavy atom. The highest BCUT2D eigenvalue weighted by Crippen LogP contribution is 2.40. The van der Waals surface area contributed by atoms with Crippen molar-refractivity contribution >= 4 is 17.5 Å². The number of halogens is 1. The summed E-state index contributed by atoms with van der Waals surface area (Å²) >= 11 is 1.97. The quantitative estimate of drug-likeness (QED) is 0.853. The molecule has 0 saturated carbocycles. The maximum absolute atomic E-state index is 13.2. The molecule has 0 aliphatic carbocycles. The van der Waals surface area contributed by atoms with E-state index in [0.29, 0.717) is 13.0 Å². The first-order chi connectivity index (χ1) is 10.2. The first-order valence-corrected chi connectivity index (χ1v) is 8.81. The van der Waals surface area contributed by atoms with Crippen molar-refractivity contribution < 1.29 is 13.9 Å². The van der Waals surface area contributed by atoms with Gasteiger partial charge in [-0.2, -0.15) is 11.8 Å². The van der Waals surface area contributed by atoms with Crippen LogP contribution in [0.3, 0.4) is 0 Å². The maximum atomic E-state index is 13.2. The number of thioether (sulfide) groups is 1. The van der Waals surface area contributed by atoms with Crippen LogP contribution < -0.4 is 0 Å². The number of carbonyl (C=O) groups is 1. The molecule has 1 spiro atoms. The fourth-order valence-electron chi connectivity index (χ4n) is 3.39. The Kier molecular flexibility index (Phi) is 4.65. The van der Waals surface area contributed by atoms with Gasteiger partial charge in [0.15, 0.2) is 0 Å². The summed E-state index contributed by atoms with van der Waals surface area (Å²) in [6.07, 6.45) is 4.11. The van der Waals surface area contributed by atoms with Crippen molar-refractivity contribution in [2.45, 2.75) is 37.7 Å². The summed E-state index contributed by atoms with van der Waals surface area (Å²) in [5, 5.41) is 0. The highest BCUT2D eigenvalue weighted by Gasteiger charge is 2.40. The summed E-state index contributed by atoms with van der Waals surface area (Å²) in [6, 6.07) is 6.37. The van der Waals surface area contributed by atoms with Crippen molar-refractivity contribution in [2.75, 3.05) is 18.1 Å². The predicted octanol–water partition coefficient (Wildman–Crippen LogP) is 3.63. The lowest BCUT2D eigenvalue weighted by molar-refractivity contribution is -0.137. The molecule has 21 heavy (non-hydrogen) atoms. The largest absolute Gasteiger partial charge is 0.375 e. The molecule has 2 heterocycles. The van der Waals surface area contributed by atoms with Gasteiger partial charge < -0.3 is 4.74 Å². The Hall–Kier alpha value is -0.870. The van der Waals surface area contributed by atoms with Crippen molar-refractivity contribution in [1.82, 2.24) is 0 Å². The zero-order valence-corrected chi connectivity index (χ0v) is 13.0. The molecule has 2 fully saturated rings. The third kappa shape index (κ3) is 3.67. The zero-order chi connectivity index (χ0) is 14.7. The molecule has 4 heteroatoms. The van der Waals surface area contributed by atoms with Gasteiger partial charge in [-0.1, -0.05) is 12.1 Å². The second-order valence-corrected chi connectivity index (χ2v) is 7.33. The lowest BCUT2D eigenvalue weighted by atomic mass is 9.79. The predicted molar refractivity (Wildman–Crippen MR) is 83.1 cm³/mol. The normalized spacial score (nSPS) is 24.9. The summed E-state index contributed by atoms with van der Waals surface area (Å²) < 4.78 is 19.2. The molecule has 1 aromatic rings. The number of carbonyl (C=O) groups excluding carboxylic acids is 1. The molecule has 0 N–H and O–H groups in total. The van der Waals surface area contributed by atoms with Crippen molar-refractivity contribution in [3.05, 3.63) is 35.6 Å². The Bertz CT molecular complexity index is 506. The van der Waals surface area contributed by atoms with Crippen LogP contribution in [0.2, 0.25) is 0 Å². The SMILES string of the molecule is O=C(Cc1cccc(F)c1)C1CCOC2(CCSCC2)C1. The van der Waals surface area contributed by atoms with Crippen molar-refractivity contribution in [3.63, 3.8) is 0 Å². The molecule has 1 aromatic carbocycles. The van der Waals surface area contributed by atoms with Crippen LogP contribution in [0.1, 0.15) is 31.2 Å². The maximum Gasteiger partial charge on any atom is 0.140 e. The van der Waals surface area contributed by atoms with Gasteiger partial charge in [-0.25, -0.2) is 4.39 Å². The van der Waals surface area contributed by atoms with Crippen LogP contribution in [0, 0.1) is 11.7 Å². The molecule has 1 unspecified atom stereocenters. The monoisotopic (exact) mass is 308 g/mol. The van der Waals surface area contributed by atoms with Gasteiger partial charge in [-0.3, -0.25) is 4.79 Å². The molecular formula is C17H21FO2S. The van der Waals surface area contributed by atoms with E-state index in [4.69, 9.17) is 4.74 Å². The third-order valence-electron chi connectivity index (χ3n) is 4.62. The summed E-state index contributed by atoms with van der Waals surface area (Å²) in [6.45, 7) is 0.685. The number of ether oxygens (including phenoxy) is 1. The number of hydrogen-bond acceptors (Lipinski definition) is 3. The van der Waals surface area contributed by atoms with Crippen molar-refractivity contribution in [2.24, 2.45) is 5.92 Å². The zero-order valence-electron chi connectivity index (χ0n) is 12.1. The molecule has 0 amide bonds. The van der Waals surface area contributed by atoms with E-state index in [-0.39, 0.29) is 23.1 Å². The van der Waals surface area contributed by atoms with Gasteiger partial charge >= 0.3 is 0 Å². The minimum Gasteiger partial charge on any atom is -0.375 e. The smallest absolute Gasteiger partial charge is 0.140 e. The Labute approximate surface area is 129 Å². The summed E-state index contributed by atoms with van der Waals surface area (Å²) in [5.41, 5.74) is 0.714. The number of ketones is 1. The second-order valence-electron chi connectivity index (χ2n) is 6.11. The standard InChI is InChI=1S/C17H21FO2S/c18-15-3-1-2-13(10-15)11-16(19)14-4-7-20-17(12-14)5-8-21-9-6-17/h1-3,10,14H,4-9,11-12H2. The highest BCUT2D eigenvalue weighted by atomic mass is 32.2. The van der Waals surface area contributed by atoms with Gasteiger partial charge in [0.05, 0.1) is 5.60 Å². The van der Waals surface area contributed by atoms with Gasteiger partial charge in [-0.15, -0.1) is 0 Å². The second kappa shape index (κ2) is 6.49. The van der Waals surface area contributed by atoms with Crippen LogP contribution in [-0.2, 0) is 16.0 Å². The minimum atomic E-state index is -0.270. The summed E-state index contributed by atoms with van der Waals surface area (Å²) in [5.74, 6) is 2.30. The Morgan fingerprint density at radius 1 is 1.38 bits per heavy atom. The lowest BCUT2D eigenvalue weighted by Crippen LogP contribution is -2.44. The Morgan fingerprint density at radius 2 is 2.19 bits per heavy atom. The van der Waals surface area contributed by atoms with Crippen LogP contribution in [0.5, 0.6) is 0 Å². The molecule has 3 rings (SSSR count). The summed E-state index contributed by atoms with van der Waals surface area (Å²) in [4.78, 5) is 12.5. The summed E-state index contributed by atoms with van der Waals surface area (Å²) in [7, 11) is 0. The lowest BCUT2D eigenvalue weighted by Gasteiger charge is -2.43. The van der Waals surface area contributed by atoms with E-state index in [9.17, 15) is 9.18 Å². The van der Waals surface area contributed by atoms with Crippen LogP contribution >= 0.6 is 11.8 Å². The number of hydrogen-bond donors (Lipinski definition) is 0. The molecule has 2 nitrogen and oxygen atoms in total. The minimum absolute atomic E-state index is 0.0637. The van der Waals surface area contributed by atoms with Crippen molar-refractivity contribution in [1.29, 1.82) is 0 Å². The first kappa shape index (κ1) is 15.0. The van der Waals surface area contributed by atoms with Crippen LogP contribution in [0.25, 0.3) is 0 Å². The topological polar surface area (TPSA) is 26.3 Å². The molecule has 2 saturated heterocycles. The fraction of sp³-hybridized carbons (Fsp3) is 0.588. The van der Waals surface area contributed by atoms with Crippen molar-refractivity contribution in [3.8, 4) is 0 Å². The average molecular weight is 308 g/mol. The molecule has 0 radical (unpaired) electrons. The van der Waals surface area contributed by atoms with E-state index < -0.39 is 0 Å². The van der Waals surface area contributed by atoms with E-state index in [2.05, 4.69) is 0 Å². The molecule has 1 atom stereocenters. The van der Waals surface area contributed by atoms with Crippen LogP contribution in [-0.4, -0.2) is 29.5 Å². The Balaban J connectivity index is 1.64. The average Bonchev–Trinajstić information content (AvgIpc) is 2.48. The molecular weight excluding hydrogens is 287 g/mol. The van der Waals surface area contributed by atoms with E-state index in [1.165, 1.54) is 12.1 Å². The van der Waals surface area contributed by atoms with E-state index >= 15 is 0 Å². The van der Waals surface area contributed by atoms with E-state index in [1.54, 1.807) is 6.07 Å². The number of rotatable bonds is 3. The van der Waals surface area contributed by atoms with Crippen LogP contribution in [0.15, 0.2) is 24.3 Å². The number of benzene rings is 1. The molecule has 2 aliphatic rings. The molecule has 114 valence electrons. The third-order valence-corrected chi connectivity index (χ3v) is 5.61. The van der Waals surface area contributed by atoms with Gasteiger partial charge in [-0.05, 0) is 54.9 Å². The first-order valence-electron chi connectivity index (χ1n) is 7.66.